The molecular weight excluding hydrogens is 242 g/mol. The standard InChI is InChI=1S/C14H21N3O2/c1-4-12-5-11(6-13(15)16-12)14(18)17-7-9(2)19-10(3)8-17/h5-6,9-10H,4,7-8H2,1-3H3,(H2,15,16)/t9-,10+. The van der Waals surface area contributed by atoms with E-state index >= 15 is 0 Å². The van der Waals surface area contributed by atoms with Gasteiger partial charge in [0.2, 0.25) is 0 Å². The molecule has 0 spiro atoms. The second-order valence-electron chi connectivity index (χ2n) is 5.09. The highest BCUT2D eigenvalue weighted by Gasteiger charge is 2.26. The zero-order valence-corrected chi connectivity index (χ0v) is 11.7. The van der Waals surface area contributed by atoms with Crippen LogP contribution >= 0.6 is 0 Å². The van der Waals surface area contributed by atoms with Gasteiger partial charge < -0.3 is 15.4 Å². The molecule has 19 heavy (non-hydrogen) atoms. The highest BCUT2D eigenvalue weighted by Crippen LogP contribution is 2.16. The van der Waals surface area contributed by atoms with E-state index < -0.39 is 0 Å². The van der Waals surface area contributed by atoms with Crippen molar-refractivity contribution in [2.45, 2.75) is 39.4 Å². The van der Waals surface area contributed by atoms with Gasteiger partial charge in [0.25, 0.3) is 5.91 Å². The first-order chi connectivity index (χ1) is 8.99. The lowest BCUT2D eigenvalue weighted by Gasteiger charge is -2.35. The summed E-state index contributed by atoms with van der Waals surface area (Å²) in [6.45, 7) is 7.19. The van der Waals surface area contributed by atoms with Crippen LogP contribution in [0, 0.1) is 0 Å². The van der Waals surface area contributed by atoms with Gasteiger partial charge in [0.15, 0.2) is 0 Å². The SMILES string of the molecule is CCc1cc(C(=O)N2C[C@@H](C)O[C@@H](C)C2)cc(N)n1. The molecule has 1 aromatic heterocycles. The van der Waals surface area contributed by atoms with Crippen LogP contribution in [0.15, 0.2) is 12.1 Å². The molecule has 104 valence electrons. The first kappa shape index (κ1) is 13.8. The highest BCUT2D eigenvalue weighted by molar-refractivity contribution is 5.95. The molecule has 0 unspecified atom stereocenters. The zero-order chi connectivity index (χ0) is 14.0. The van der Waals surface area contributed by atoms with Gasteiger partial charge in [-0.15, -0.1) is 0 Å². The van der Waals surface area contributed by atoms with E-state index in [1.807, 2.05) is 31.7 Å². The van der Waals surface area contributed by atoms with E-state index in [0.29, 0.717) is 24.5 Å². The number of morpholine rings is 1. The molecule has 2 rings (SSSR count). The lowest BCUT2D eigenvalue weighted by atomic mass is 10.1. The first-order valence-corrected chi connectivity index (χ1v) is 6.70. The number of rotatable bonds is 2. The third-order valence-corrected chi connectivity index (χ3v) is 3.21. The molecule has 1 aliphatic rings. The molecule has 2 atom stereocenters. The molecular formula is C14H21N3O2. The number of hydrogen-bond donors (Lipinski definition) is 1. The Kier molecular flexibility index (Phi) is 4.04. The van der Waals surface area contributed by atoms with Crippen LogP contribution in [-0.4, -0.2) is 41.1 Å². The summed E-state index contributed by atoms with van der Waals surface area (Å²) >= 11 is 0. The van der Waals surface area contributed by atoms with Gasteiger partial charge in [-0.2, -0.15) is 0 Å². The number of carbonyl (C=O) groups is 1. The molecule has 1 aromatic rings. The molecule has 0 aromatic carbocycles. The van der Waals surface area contributed by atoms with E-state index in [0.717, 1.165) is 12.1 Å². The first-order valence-electron chi connectivity index (χ1n) is 6.70. The highest BCUT2D eigenvalue weighted by atomic mass is 16.5. The Hall–Kier alpha value is -1.62. The van der Waals surface area contributed by atoms with E-state index in [9.17, 15) is 4.79 Å². The molecule has 2 heterocycles. The monoisotopic (exact) mass is 263 g/mol. The summed E-state index contributed by atoms with van der Waals surface area (Å²) in [6.07, 6.45) is 0.899. The number of ether oxygens (including phenoxy) is 1. The maximum absolute atomic E-state index is 12.5. The van der Waals surface area contributed by atoms with Crippen molar-refractivity contribution in [1.29, 1.82) is 0 Å². The van der Waals surface area contributed by atoms with Crippen molar-refractivity contribution < 1.29 is 9.53 Å². The average molecular weight is 263 g/mol. The second kappa shape index (κ2) is 5.57. The predicted molar refractivity (Wildman–Crippen MR) is 73.9 cm³/mol. The number of aryl methyl sites for hydroxylation is 1. The summed E-state index contributed by atoms with van der Waals surface area (Å²) in [6, 6.07) is 3.47. The summed E-state index contributed by atoms with van der Waals surface area (Å²) in [7, 11) is 0. The molecule has 0 radical (unpaired) electrons. The minimum atomic E-state index is 0.00537. The summed E-state index contributed by atoms with van der Waals surface area (Å²) in [4.78, 5) is 18.5. The number of hydrogen-bond acceptors (Lipinski definition) is 4. The Balaban J connectivity index is 2.21. The van der Waals surface area contributed by atoms with E-state index in [4.69, 9.17) is 10.5 Å². The van der Waals surface area contributed by atoms with Gasteiger partial charge in [-0.25, -0.2) is 4.98 Å². The minimum Gasteiger partial charge on any atom is -0.384 e. The third-order valence-electron chi connectivity index (χ3n) is 3.21. The number of anilines is 1. The van der Waals surface area contributed by atoms with Crippen molar-refractivity contribution in [3.8, 4) is 0 Å². The van der Waals surface area contributed by atoms with E-state index in [1.165, 1.54) is 0 Å². The van der Waals surface area contributed by atoms with E-state index in [2.05, 4.69) is 4.98 Å². The van der Waals surface area contributed by atoms with Crippen LogP contribution in [0.1, 0.15) is 36.8 Å². The van der Waals surface area contributed by atoms with Crippen LogP contribution in [0.5, 0.6) is 0 Å². The maximum atomic E-state index is 12.5. The molecule has 5 heteroatoms. The van der Waals surface area contributed by atoms with Crippen LogP contribution < -0.4 is 5.73 Å². The van der Waals surface area contributed by atoms with E-state index in [-0.39, 0.29) is 18.1 Å². The van der Waals surface area contributed by atoms with Crippen molar-refractivity contribution in [1.82, 2.24) is 9.88 Å². The number of nitrogen functional groups attached to an aromatic ring is 1. The second-order valence-corrected chi connectivity index (χ2v) is 5.09. The fourth-order valence-corrected chi connectivity index (χ4v) is 2.44. The maximum Gasteiger partial charge on any atom is 0.254 e. The van der Waals surface area contributed by atoms with E-state index in [1.54, 1.807) is 6.07 Å². The molecule has 0 aliphatic carbocycles. The van der Waals surface area contributed by atoms with Gasteiger partial charge in [0, 0.05) is 24.3 Å². The van der Waals surface area contributed by atoms with Crippen LogP contribution in [0.2, 0.25) is 0 Å². The Morgan fingerprint density at radius 3 is 2.63 bits per heavy atom. The summed E-state index contributed by atoms with van der Waals surface area (Å²) in [5.74, 6) is 0.405. The van der Waals surface area contributed by atoms with Crippen LogP contribution in [0.25, 0.3) is 0 Å². The Labute approximate surface area is 113 Å². The molecule has 1 amide bonds. The third kappa shape index (κ3) is 3.23. The predicted octanol–water partition coefficient (Wildman–Crippen LogP) is 1.48. The summed E-state index contributed by atoms with van der Waals surface area (Å²) in [5.41, 5.74) is 7.21. The van der Waals surface area contributed by atoms with Crippen molar-refractivity contribution >= 4 is 11.7 Å². The molecule has 1 aliphatic heterocycles. The summed E-state index contributed by atoms with van der Waals surface area (Å²) in [5, 5.41) is 0. The topological polar surface area (TPSA) is 68.5 Å². The largest absolute Gasteiger partial charge is 0.384 e. The van der Waals surface area contributed by atoms with Gasteiger partial charge in [-0.3, -0.25) is 4.79 Å². The Morgan fingerprint density at radius 1 is 1.42 bits per heavy atom. The molecule has 2 N–H and O–H groups in total. The zero-order valence-electron chi connectivity index (χ0n) is 11.7. The number of pyridine rings is 1. The number of aromatic nitrogens is 1. The number of nitrogens with zero attached hydrogens (tertiary/aromatic N) is 2. The Morgan fingerprint density at radius 2 is 2.05 bits per heavy atom. The normalized spacial score (nSPS) is 23.4. The van der Waals surface area contributed by atoms with Crippen molar-refractivity contribution in [3.05, 3.63) is 23.4 Å². The molecule has 1 saturated heterocycles. The lowest BCUT2D eigenvalue weighted by Crippen LogP contribution is -2.48. The van der Waals surface area contributed by atoms with Crippen LogP contribution in [0.3, 0.4) is 0 Å². The molecule has 1 fully saturated rings. The quantitative estimate of drug-likeness (QED) is 0.877. The number of nitrogens with two attached hydrogens (primary N) is 1. The lowest BCUT2D eigenvalue weighted by molar-refractivity contribution is -0.0586. The van der Waals surface area contributed by atoms with Crippen molar-refractivity contribution in [2.75, 3.05) is 18.8 Å². The molecule has 0 bridgehead atoms. The van der Waals surface area contributed by atoms with Gasteiger partial charge in [-0.05, 0) is 32.4 Å². The molecule has 0 saturated carbocycles. The van der Waals surface area contributed by atoms with Gasteiger partial charge in [0.05, 0.1) is 12.2 Å². The minimum absolute atomic E-state index is 0.00537. The molecule has 5 nitrogen and oxygen atoms in total. The average Bonchev–Trinajstić information content (AvgIpc) is 2.35. The smallest absolute Gasteiger partial charge is 0.254 e. The van der Waals surface area contributed by atoms with Crippen LogP contribution in [0.4, 0.5) is 5.82 Å². The summed E-state index contributed by atoms with van der Waals surface area (Å²) < 4.78 is 5.64. The number of carbonyl (C=O) groups excluding carboxylic acids is 1. The van der Waals surface area contributed by atoms with Crippen molar-refractivity contribution in [2.24, 2.45) is 0 Å². The van der Waals surface area contributed by atoms with Gasteiger partial charge >= 0.3 is 0 Å². The van der Waals surface area contributed by atoms with Crippen LogP contribution in [-0.2, 0) is 11.2 Å². The number of amides is 1. The van der Waals surface area contributed by atoms with Gasteiger partial charge in [0.1, 0.15) is 5.82 Å². The van der Waals surface area contributed by atoms with Crippen molar-refractivity contribution in [3.63, 3.8) is 0 Å². The van der Waals surface area contributed by atoms with Gasteiger partial charge in [-0.1, -0.05) is 6.92 Å². The fraction of sp³-hybridized carbons (Fsp3) is 0.571. The fourth-order valence-electron chi connectivity index (χ4n) is 2.44. The Bertz CT molecular complexity index is 466.